The maximum atomic E-state index is 11.8. The predicted molar refractivity (Wildman–Crippen MR) is 70.8 cm³/mol. The first kappa shape index (κ1) is 14.1. The molecule has 20 heavy (non-hydrogen) atoms. The smallest absolute Gasteiger partial charge is 0.265 e. The Morgan fingerprint density at radius 1 is 1.55 bits per heavy atom. The van der Waals surface area contributed by atoms with E-state index in [1.807, 2.05) is 0 Å². The van der Waals surface area contributed by atoms with E-state index in [0.717, 1.165) is 0 Å². The number of benzene rings is 1. The summed E-state index contributed by atoms with van der Waals surface area (Å²) in [5.74, 6) is -0.157. The van der Waals surface area contributed by atoms with Gasteiger partial charge in [0.2, 0.25) is 5.91 Å². The fourth-order valence-corrected chi connectivity index (χ4v) is 1.86. The molecule has 7 heteroatoms. The Morgan fingerprint density at radius 2 is 2.35 bits per heavy atom. The van der Waals surface area contributed by atoms with Crippen molar-refractivity contribution in [1.82, 2.24) is 5.32 Å². The molecular formula is C13H16N2O5. The number of carbonyl (C=O) groups is 2. The van der Waals surface area contributed by atoms with Crippen LogP contribution in [0.2, 0.25) is 0 Å². The zero-order chi connectivity index (χ0) is 14.5. The Kier molecular flexibility index (Phi) is 4.41. The summed E-state index contributed by atoms with van der Waals surface area (Å²) in [6, 6.07) is 4.42. The molecule has 2 rings (SSSR count). The van der Waals surface area contributed by atoms with Crippen molar-refractivity contribution in [3.63, 3.8) is 0 Å². The lowest BCUT2D eigenvalue weighted by Crippen LogP contribution is -2.45. The summed E-state index contributed by atoms with van der Waals surface area (Å²) >= 11 is 0. The van der Waals surface area contributed by atoms with Crippen LogP contribution < -0.4 is 15.0 Å². The van der Waals surface area contributed by atoms with Crippen LogP contribution >= 0.6 is 0 Å². The maximum Gasteiger partial charge on any atom is 0.265 e. The van der Waals surface area contributed by atoms with E-state index in [9.17, 15) is 14.7 Å². The van der Waals surface area contributed by atoms with Crippen molar-refractivity contribution >= 4 is 17.5 Å². The number of rotatable bonds is 5. The van der Waals surface area contributed by atoms with Crippen molar-refractivity contribution in [1.29, 1.82) is 0 Å². The van der Waals surface area contributed by atoms with Gasteiger partial charge in [0.25, 0.3) is 5.91 Å². The number of phenolic OH excluding ortho intramolecular Hbond substituents is 1. The first-order chi connectivity index (χ1) is 9.61. The van der Waals surface area contributed by atoms with Gasteiger partial charge in [0.1, 0.15) is 18.0 Å². The molecule has 0 atom stereocenters. The largest absolute Gasteiger partial charge is 0.508 e. The van der Waals surface area contributed by atoms with Gasteiger partial charge in [0, 0.05) is 19.7 Å². The lowest BCUT2D eigenvalue weighted by atomic mass is 10.2. The molecule has 0 aromatic heterocycles. The van der Waals surface area contributed by atoms with Crippen molar-refractivity contribution in [3.05, 3.63) is 18.2 Å². The minimum absolute atomic E-state index is 0.00633. The molecule has 2 N–H and O–H groups in total. The molecule has 0 saturated heterocycles. The molecule has 2 amide bonds. The molecule has 1 aliphatic heterocycles. The van der Waals surface area contributed by atoms with Gasteiger partial charge in [-0.1, -0.05) is 0 Å². The Labute approximate surface area is 116 Å². The molecule has 0 aliphatic carbocycles. The number of nitrogens with zero attached hydrogens (tertiary/aromatic N) is 1. The number of carbonyl (C=O) groups excluding carboxylic acids is 2. The summed E-state index contributed by atoms with van der Waals surface area (Å²) < 4.78 is 10.1. The molecule has 1 aromatic carbocycles. The standard InChI is InChI=1S/C13H16N2O5/c1-19-5-4-14-12(17)7-15-10-6-9(16)2-3-11(10)20-8-13(15)18/h2-3,6,16H,4-5,7-8H2,1H3,(H,14,17). The van der Waals surface area contributed by atoms with E-state index in [-0.39, 0.29) is 30.7 Å². The van der Waals surface area contributed by atoms with E-state index >= 15 is 0 Å². The number of anilines is 1. The van der Waals surface area contributed by atoms with E-state index < -0.39 is 0 Å². The van der Waals surface area contributed by atoms with Crippen molar-refractivity contribution < 1.29 is 24.2 Å². The second kappa shape index (κ2) is 6.25. The topological polar surface area (TPSA) is 88.1 Å². The van der Waals surface area contributed by atoms with Gasteiger partial charge in [-0.2, -0.15) is 0 Å². The number of fused-ring (bicyclic) bond motifs is 1. The molecule has 108 valence electrons. The third-order valence-corrected chi connectivity index (χ3v) is 2.82. The molecular weight excluding hydrogens is 264 g/mol. The SMILES string of the molecule is COCCNC(=O)CN1C(=O)COc2ccc(O)cc21. The average Bonchev–Trinajstić information content (AvgIpc) is 2.42. The van der Waals surface area contributed by atoms with Crippen LogP contribution in [0.5, 0.6) is 11.5 Å². The van der Waals surface area contributed by atoms with Crippen molar-refractivity contribution in [2.75, 3.05) is 38.3 Å². The Bertz CT molecular complexity index is 517. The molecule has 1 aliphatic rings. The van der Waals surface area contributed by atoms with Gasteiger partial charge < -0.3 is 19.9 Å². The van der Waals surface area contributed by atoms with Gasteiger partial charge >= 0.3 is 0 Å². The summed E-state index contributed by atoms with van der Waals surface area (Å²) in [5, 5.41) is 12.1. The van der Waals surface area contributed by atoms with Crippen LogP contribution in [0, 0.1) is 0 Å². The molecule has 0 fully saturated rings. The van der Waals surface area contributed by atoms with Crippen LogP contribution in [-0.2, 0) is 14.3 Å². The summed E-state index contributed by atoms with van der Waals surface area (Å²) in [6.07, 6.45) is 0. The minimum atomic E-state index is -0.329. The summed E-state index contributed by atoms with van der Waals surface area (Å²) in [6.45, 7) is 0.534. The Hall–Kier alpha value is -2.28. The molecule has 7 nitrogen and oxygen atoms in total. The summed E-state index contributed by atoms with van der Waals surface area (Å²) in [7, 11) is 1.54. The summed E-state index contributed by atoms with van der Waals surface area (Å²) in [5.41, 5.74) is 0.392. The van der Waals surface area contributed by atoms with Crippen LogP contribution in [0.4, 0.5) is 5.69 Å². The maximum absolute atomic E-state index is 11.8. The Balaban J connectivity index is 2.09. The van der Waals surface area contributed by atoms with Crippen molar-refractivity contribution in [2.24, 2.45) is 0 Å². The van der Waals surface area contributed by atoms with Crippen LogP contribution in [0.25, 0.3) is 0 Å². The lowest BCUT2D eigenvalue weighted by Gasteiger charge is -2.28. The number of hydrogen-bond acceptors (Lipinski definition) is 5. The van der Waals surface area contributed by atoms with E-state index in [1.165, 1.54) is 24.1 Å². The highest BCUT2D eigenvalue weighted by Gasteiger charge is 2.27. The highest BCUT2D eigenvalue weighted by atomic mass is 16.5. The molecule has 0 bridgehead atoms. The normalized spacial score (nSPS) is 13.7. The lowest BCUT2D eigenvalue weighted by molar-refractivity contribution is -0.125. The average molecular weight is 280 g/mol. The summed E-state index contributed by atoms with van der Waals surface area (Å²) in [4.78, 5) is 24.9. The molecule has 0 unspecified atom stereocenters. The first-order valence-corrected chi connectivity index (χ1v) is 6.13. The third-order valence-electron chi connectivity index (χ3n) is 2.82. The molecule has 0 radical (unpaired) electrons. The number of phenols is 1. The van der Waals surface area contributed by atoms with Gasteiger partial charge in [-0.05, 0) is 12.1 Å². The predicted octanol–water partition coefficient (Wildman–Crippen LogP) is -0.120. The van der Waals surface area contributed by atoms with Crippen LogP contribution in [0.1, 0.15) is 0 Å². The fourth-order valence-electron chi connectivity index (χ4n) is 1.86. The van der Waals surface area contributed by atoms with Gasteiger partial charge in [-0.25, -0.2) is 0 Å². The number of amides is 2. The van der Waals surface area contributed by atoms with Gasteiger partial charge in [0.15, 0.2) is 6.61 Å². The number of ether oxygens (including phenoxy) is 2. The van der Waals surface area contributed by atoms with Gasteiger partial charge in [0.05, 0.1) is 12.3 Å². The molecule has 0 saturated carbocycles. The van der Waals surface area contributed by atoms with Crippen LogP contribution in [0.3, 0.4) is 0 Å². The molecule has 1 heterocycles. The number of hydrogen-bond donors (Lipinski definition) is 2. The van der Waals surface area contributed by atoms with Crippen LogP contribution in [-0.4, -0.2) is 50.3 Å². The van der Waals surface area contributed by atoms with Crippen LogP contribution in [0.15, 0.2) is 18.2 Å². The van der Waals surface area contributed by atoms with Crippen molar-refractivity contribution in [3.8, 4) is 11.5 Å². The van der Waals surface area contributed by atoms with E-state index in [4.69, 9.17) is 9.47 Å². The zero-order valence-corrected chi connectivity index (χ0v) is 11.1. The number of aromatic hydroxyl groups is 1. The second-order valence-electron chi connectivity index (χ2n) is 4.26. The minimum Gasteiger partial charge on any atom is -0.508 e. The highest BCUT2D eigenvalue weighted by molar-refractivity contribution is 6.02. The van der Waals surface area contributed by atoms with E-state index in [1.54, 1.807) is 6.07 Å². The number of methoxy groups -OCH3 is 1. The van der Waals surface area contributed by atoms with Gasteiger partial charge in [-0.3, -0.25) is 14.5 Å². The molecule has 1 aromatic rings. The van der Waals surface area contributed by atoms with Crippen molar-refractivity contribution in [2.45, 2.75) is 0 Å². The first-order valence-electron chi connectivity index (χ1n) is 6.13. The van der Waals surface area contributed by atoms with Gasteiger partial charge in [-0.15, -0.1) is 0 Å². The highest BCUT2D eigenvalue weighted by Crippen LogP contribution is 2.34. The van der Waals surface area contributed by atoms with E-state index in [2.05, 4.69) is 5.32 Å². The Morgan fingerprint density at radius 3 is 3.10 bits per heavy atom. The second-order valence-corrected chi connectivity index (χ2v) is 4.26. The fraction of sp³-hybridized carbons (Fsp3) is 0.385. The molecule has 0 spiro atoms. The third kappa shape index (κ3) is 3.18. The van der Waals surface area contributed by atoms with E-state index in [0.29, 0.717) is 24.6 Å². The quantitative estimate of drug-likeness (QED) is 0.734. The monoisotopic (exact) mass is 280 g/mol. The zero-order valence-electron chi connectivity index (χ0n) is 11.1. The number of nitrogens with one attached hydrogen (secondary N) is 1.